The Morgan fingerprint density at radius 1 is 1.06 bits per heavy atom. The number of hydrogen-bond donors (Lipinski definition) is 2. The maximum Gasteiger partial charge on any atom is 0.315 e. The Morgan fingerprint density at radius 2 is 1.87 bits per heavy atom. The normalized spacial score (nSPS) is 28.4. The molecule has 3 fully saturated rings. The van der Waals surface area contributed by atoms with E-state index in [0.29, 0.717) is 19.8 Å². The Bertz CT molecular complexity index is 867. The number of rotatable bonds is 6. The number of ether oxygens (including phenoxy) is 2. The highest BCUT2D eigenvalue weighted by Crippen LogP contribution is 2.34. The van der Waals surface area contributed by atoms with E-state index in [9.17, 15) is 4.79 Å². The fourth-order valence-electron chi connectivity index (χ4n) is 5.08. The van der Waals surface area contributed by atoms with Crippen molar-refractivity contribution >= 4 is 6.03 Å². The lowest BCUT2D eigenvalue weighted by molar-refractivity contribution is 0.0622. The van der Waals surface area contributed by atoms with Crippen LogP contribution in [0.1, 0.15) is 49.4 Å². The van der Waals surface area contributed by atoms with Crippen LogP contribution in [0.25, 0.3) is 0 Å². The predicted molar refractivity (Wildman–Crippen MR) is 114 cm³/mol. The SMILES string of the molecule is O=C(NCc1ccccc1)NC1COC2C1OCC2n1cc(CC2CCCCC2)nn1. The van der Waals surface area contributed by atoms with Gasteiger partial charge in [0.25, 0.3) is 0 Å². The van der Waals surface area contributed by atoms with Crippen LogP contribution in [-0.2, 0) is 22.4 Å². The van der Waals surface area contributed by atoms with Crippen molar-refractivity contribution in [1.29, 1.82) is 0 Å². The van der Waals surface area contributed by atoms with Crippen molar-refractivity contribution in [3.63, 3.8) is 0 Å². The van der Waals surface area contributed by atoms with Crippen molar-refractivity contribution in [3.05, 3.63) is 47.8 Å². The molecule has 3 aliphatic rings. The van der Waals surface area contributed by atoms with Gasteiger partial charge in [-0.05, 0) is 17.9 Å². The quantitative estimate of drug-likeness (QED) is 0.743. The second-order valence-electron chi connectivity index (χ2n) is 8.98. The molecule has 2 N–H and O–H groups in total. The third kappa shape index (κ3) is 4.75. The van der Waals surface area contributed by atoms with Crippen molar-refractivity contribution in [2.24, 2.45) is 5.92 Å². The fourth-order valence-corrected chi connectivity index (χ4v) is 5.08. The number of carbonyl (C=O) groups excluding carboxylic acids is 1. The van der Waals surface area contributed by atoms with E-state index in [0.717, 1.165) is 23.6 Å². The van der Waals surface area contributed by atoms with Crippen molar-refractivity contribution in [2.45, 2.75) is 69.4 Å². The molecule has 1 aliphatic carbocycles. The van der Waals surface area contributed by atoms with Crippen LogP contribution in [0.2, 0.25) is 0 Å². The van der Waals surface area contributed by atoms with Gasteiger partial charge in [0, 0.05) is 12.7 Å². The van der Waals surface area contributed by atoms with E-state index >= 15 is 0 Å². The first kappa shape index (κ1) is 20.5. The molecular formula is C23H31N5O3. The molecule has 1 aromatic heterocycles. The van der Waals surface area contributed by atoms with Crippen molar-refractivity contribution in [3.8, 4) is 0 Å². The standard InChI is InChI=1S/C23H31N5O3/c29-23(24-12-17-9-5-2-6-10-17)25-19-14-30-22-20(15-31-21(19)22)28-13-18(26-27-28)11-16-7-3-1-4-8-16/h2,5-6,9-10,13,16,19-22H,1,3-4,7-8,11-12,14-15H2,(H2,24,25,29). The summed E-state index contributed by atoms with van der Waals surface area (Å²) in [5.74, 6) is 0.734. The number of benzene rings is 1. The van der Waals surface area contributed by atoms with E-state index in [1.54, 1.807) is 0 Å². The summed E-state index contributed by atoms with van der Waals surface area (Å²) >= 11 is 0. The van der Waals surface area contributed by atoms with Crippen molar-refractivity contribution < 1.29 is 14.3 Å². The largest absolute Gasteiger partial charge is 0.371 e. The fraction of sp³-hybridized carbons (Fsp3) is 0.609. The van der Waals surface area contributed by atoms with Gasteiger partial charge in [0.15, 0.2) is 0 Å². The second kappa shape index (κ2) is 9.36. The molecular weight excluding hydrogens is 394 g/mol. The summed E-state index contributed by atoms with van der Waals surface area (Å²) in [7, 11) is 0. The summed E-state index contributed by atoms with van der Waals surface area (Å²) in [4.78, 5) is 12.3. The maximum atomic E-state index is 12.3. The Hall–Kier alpha value is -2.45. The van der Waals surface area contributed by atoms with Gasteiger partial charge in [-0.2, -0.15) is 0 Å². The molecule has 0 bridgehead atoms. The number of aromatic nitrogens is 3. The van der Waals surface area contributed by atoms with Crippen LogP contribution in [0.5, 0.6) is 0 Å². The van der Waals surface area contributed by atoms with Gasteiger partial charge in [0.05, 0.1) is 24.9 Å². The van der Waals surface area contributed by atoms with Gasteiger partial charge in [0.2, 0.25) is 0 Å². The molecule has 4 unspecified atom stereocenters. The van der Waals surface area contributed by atoms with Crippen LogP contribution in [0.4, 0.5) is 4.79 Å². The smallest absolute Gasteiger partial charge is 0.315 e. The van der Waals surface area contributed by atoms with Crippen LogP contribution in [0.3, 0.4) is 0 Å². The van der Waals surface area contributed by atoms with Crippen LogP contribution >= 0.6 is 0 Å². The van der Waals surface area contributed by atoms with Crippen LogP contribution < -0.4 is 10.6 Å². The highest BCUT2D eigenvalue weighted by molar-refractivity contribution is 5.74. The number of carbonyl (C=O) groups is 1. The van der Waals surface area contributed by atoms with Gasteiger partial charge in [0.1, 0.15) is 18.2 Å². The zero-order valence-corrected chi connectivity index (χ0v) is 17.8. The minimum absolute atomic E-state index is 0.00298. The maximum absolute atomic E-state index is 12.3. The topological polar surface area (TPSA) is 90.3 Å². The summed E-state index contributed by atoms with van der Waals surface area (Å²) in [5.41, 5.74) is 2.12. The first-order chi connectivity index (χ1) is 15.3. The molecule has 4 atom stereocenters. The van der Waals surface area contributed by atoms with E-state index in [-0.39, 0.29) is 30.3 Å². The zero-order chi connectivity index (χ0) is 21.0. The molecule has 2 saturated heterocycles. The average Bonchev–Trinajstić information content (AvgIpc) is 3.52. The minimum atomic E-state index is -0.208. The first-order valence-electron chi connectivity index (χ1n) is 11.5. The monoisotopic (exact) mass is 425 g/mol. The molecule has 0 spiro atoms. The number of amides is 2. The number of fused-ring (bicyclic) bond motifs is 1. The van der Waals surface area contributed by atoms with E-state index < -0.39 is 0 Å². The molecule has 1 aromatic carbocycles. The van der Waals surface area contributed by atoms with Gasteiger partial charge in [-0.1, -0.05) is 67.6 Å². The molecule has 8 nitrogen and oxygen atoms in total. The van der Waals surface area contributed by atoms with Gasteiger partial charge < -0.3 is 20.1 Å². The minimum Gasteiger partial charge on any atom is -0.371 e. The van der Waals surface area contributed by atoms with E-state index in [1.165, 1.54) is 32.1 Å². The molecule has 0 radical (unpaired) electrons. The Morgan fingerprint density at radius 3 is 2.71 bits per heavy atom. The lowest BCUT2D eigenvalue weighted by atomic mass is 9.86. The third-order valence-electron chi connectivity index (χ3n) is 6.76. The summed E-state index contributed by atoms with van der Waals surface area (Å²) < 4.78 is 14.0. The molecule has 166 valence electrons. The predicted octanol–water partition coefficient (Wildman–Crippen LogP) is 2.61. The summed E-state index contributed by atoms with van der Waals surface area (Å²) in [6.45, 7) is 1.44. The highest BCUT2D eigenvalue weighted by atomic mass is 16.6. The number of urea groups is 1. The third-order valence-corrected chi connectivity index (χ3v) is 6.76. The average molecular weight is 426 g/mol. The number of nitrogens with zero attached hydrogens (tertiary/aromatic N) is 3. The second-order valence-corrected chi connectivity index (χ2v) is 8.98. The van der Waals surface area contributed by atoms with Gasteiger partial charge in [-0.15, -0.1) is 5.10 Å². The van der Waals surface area contributed by atoms with Gasteiger partial charge in [-0.25, -0.2) is 9.48 Å². The molecule has 2 aromatic rings. The zero-order valence-electron chi connectivity index (χ0n) is 17.8. The summed E-state index contributed by atoms with van der Waals surface area (Å²) in [6, 6.07) is 9.47. The molecule has 5 rings (SSSR count). The molecule has 8 heteroatoms. The van der Waals surface area contributed by atoms with Gasteiger partial charge in [-0.3, -0.25) is 0 Å². The number of hydrogen-bond acceptors (Lipinski definition) is 5. The molecule has 3 heterocycles. The van der Waals surface area contributed by atoms with E-state index in [4.69, 9.17) is 9.47 Å². The van der Waals surface area contributed by atoms with E-state index in [1.807, 2.05) is 35.0 Å². The lowest BCUT2D eigenvalue weighted by Crippen LogP contribution is -2.48. The Labute approximate surface area is 182 Å². The van der Waals surface area contributed by atoms with Crippen molar-refractivity contribution in [1.82, 2.24) is 25.6 Å². The van der Waals surface area contributed by atoms with Crippen LogP contribution in [0.15, 0.2) is 36.5 Å². The molecule has 1 saturated carbocycles. The number of nitrogens with one attached hydrogen (secondary N) is 2. The molecule has 31 heavy (non-hydrogen) atoms. The lowest BCUT2D eigenvalue weighted by Gasteiger charge is -2.20. The molecule has 2 aliphatic heterocycles. The van der Waals surface area contributed by atoms with Gasteiger partial charge >= 0.3 is 6.03 Å². The Balaban J connectivity index is 1.13. The summed E-state index contributed by atoms with van der Waals surface area (Å²) in [6.07, 6.45) is 9.40. The van der Waals surface area contributed by atoms with Crippen LogP contribution in [0, 0.1) is 5.92 Å². The van der Waals surface area contributed by atoms with Crippen molar-refractivity contribution in [2.75, 3.05) is 13.2 Å². The van der Waals surface area contributed by atoms with E-state index in [2.05, 4.69) is 27.1 Å². The first-order valence-corrected chi connectivity index (χ1v) is 11.5. The highest BCUT2D eigenvalue weighted by Gasteiger charge is 2.49. The molecule has 2 amide bonds. The Kier molecular flexibility index (Phi) is 6.18. The van der Waals surface area contributed by atoms with Crippen LogP contribution in [-0.4, -0.2) is 52.5 Å². The summed E-state index contributed by atoms with van der Waals surface area (Å²) in [5, 5.41) is 14.7.